The molecule has 2 aliphatic rings. The van der Waals surface area contributed by atoms with E-state index in [1.54, 1.807) is 11.8 Å². The molecule has 1 aliphatic carbocycles. The van der Waals surface area contributed by atoms with Crippen LogP contribution in [-0.2, 0) is 0 Å². The molecule has 0 bridgehead atoms. The maximum atomic E-state index is 8.05. The van der Waals surface area contributed by atoms with Gasteiger partial charge in [-0.25, -0.2) is 0 Å². The Hall–Kier alpha value is -1.50. The Morgan fingerprint density at radius 1 is 1.38 bits per heavy atom. The van der Waals surface area contributed by atoms with Gasteiger partial charge < -0.3 is 21.4 Å². The van der Waals surface area contributed by atoms with E-state index in [-0.39, 0.29) is 12.1 Å². The van der Waals surface area contributed by atoms with Crippen LogP contribution >= 0.6 is 23.4 Å². The van der Waals surface area contributed by atoms with Gasteiger partial charge in [-0.05, 0) is 57.2 Å². The van der Waals surface area contributed by atoms with E-state index >= 15 is 0 Å². The van der Waals surface area contributed by atoms with Crippen LogP contribution in [-0.4, -0.2) is 39.6 Å². The van der Waals surface area contributed by atoms with Gasteiger partial charge in [0.1, 0.15) is 5.04 Å². The second-order valence-corrected chi connectivity index (χ2v) is 9.89. The average molecular weight is 432 g/mol. The number of hydrogen-bond acceptors (Lipinski definition) is 5. The molecule has 2 aromatic rings. The number of halogens is 1. The van der Waals surface area contributed by atoms with Crippen molar-refractivity contribution in [3.63, 3.8) is 0 Å². The number of hydrogen-bond donors (Lipinski definition) is 4. The van der Waals surface area contributed by atoms with Crippen molar-refractivity contribution in [1.29, 1.82) is 5.41 Å². The first-order valence-corrected chi connectivity index (χ1v) is 12.0. The zero-order valence-corrected chi connectivity index (χ0v) is 18.5. The number of nitrogens with one attached hydrogen (secondary N) is 3. The maximum Gasteiger partial charge on any atom is 0.114 e. The lowest BCUT2D eigenvalue weighted by Crippen LogP contribution is -2.20. The predicted octanol–water partition coefficient (Wildman–Crippen LogP) is 5.58. The number of aromatic nitrogens is 1. The Labute approximate surface area is 181 Å². The number of fused-ring (bicyclic) bond motifs is 1. The molecule has 0 unspecified atom stereocenters. The Bertz CT molecular complexity index is 913. The molecule has 0 amide bonds. The molecule has 1 aromatic heterocycles. The fourth-order valence-electron chi connectivity index (χ4n) is 4.27. The van der Waals surface area contributed by atoms with Crippen LogP contribution in [0.4, 0.5) is 5.69 Å². The van der Waals surface area contributed by atoms with E-state index in [0.29, 0.717) is 12.5 Å². The molecule has 1 fully saturated rings. The number of anilines is 1. The van der Waals surface area contributed by atoms with Gasteiger partial charge in [-0.3, -0.25) is 4.99 Å². The second kappa shape index (κ2) is 9.11. The number of aromatic amines is 1. The standard InChI is InChI=1S/C22H30ClN5S/c1-13(24)8-16(25)6-7-18-12-29-22(27-18)20-10-14-9-15(23)11-19(21(14)28-20)26-17-4-2-3-5-17/h9-11,13,17-18,25-26,28H,2-8,12,24H2,1H3/t13-,18+/m1/s1. The highest BCUT2D eigenvalue weighted by Gasteiger charge is 2.22. The van der Waals surface area contributed by atoms with E-state index in [0.717, 1.165) is 56.7 Å². The van der Waals surface area contributed by atoms with Gasteiger partial charge in [0.2, 0.25) is 0 Å². The van der Waals surface area contributed by atoms with Gasteiger partial charge in [-0.15, -0.1) is 11.8 Å². The maximum absolute atomic E-state index is 8.05. The molecule has 4 rings (SSSR count). The van der Waals surface area contributed by atoms with E-state index in [4.69, 9.17) is 27.7 Å². The lowest BCUT2D eigenvalue weighted by atomic mass is 10.1. The van der Waals surface area contributed by atoms with Crippen molar-refractivity contribution in [2.45, 2.75) is 70.0 Å². The molecule has 1 aliphatic heterocycles. The zero-order valence-electron chi connectivity index (χ0n) is 16.9. The van der Waals surface area contributed by atoms with Gasteiger partial charge in [0.25, 0.3) is 0 Å². The molecule has 0 radical (unpaired) electrons. The Kier molecular flexibility index (Phi) is 6.52. The first kappa shape index (κ1) is 20.8. The van der Waals surface area contributed by atoms with Crippen molar-refractivity contribution in [2.75, 3.05) is 11.1 Å². The number of aliphatic imine (C=N–C) groups is 1. The van der Waals surface area contributed by atoms with Gasteiger partial charge in [0.15, 0.2) is 0 Å². The summed E-state index contributed by atoms with van der Waals surface area (Å²) in [7, 11) is 0. The molecule has 29 heavy (non-hydrogen) atoms. The smallest absolute Gasteiger partial charge is 0.114 e. The third-order valence-corrected chi connectivity index (χ3v) is 7.07. The molecule has 0 spiro atoms. The molecule has 1 saturated carbocycles. The number of thioether (sulfide) groups is 1. The molecular weight excluding hydrogens is 402 g/mol. The van der Waals surface area contributed by atoms with Gasteiger partial charge in [0, 0.05) is 34.0 Å². The second-order valence-electron chi connectivity index (χ2n) is 8.45. The van der Waals surface area contributed by atoms with Crippen molar-refractivity contribution in [1.82, 2.24) is 4.98 Å². The van der Waals surface area contributed by atoms with Crippen LogP contribution < -0.4 is 11.1 Å². The number of nitrogens with two attached hydrogens (primary N) is 1. The minimum Gasteiger partial charge on any atom is -0.381 e. The van der Waals surface area contributed by atoms with Crippen molar-refractivity contribution in [2.24, 2.45) is 10.7 Å². The average Bonchev–Trinajstić information content (AvgIpc) is 3.39. The lowest BCUT2D eigenvalue weighted by molar-refractivity contribution is 0.689. The summed E-state index contributed by atoms with van der Waals surface area (Å²) in [6.45, 7) is 1.95. The summed E-state index contributed by atoms with van der Waals surface area (Å²) in [4.78, 5) is 8.51. The van der Waals surface area contributed by atoms with Crippen LogP contribution in [0.15, 0.2) is 23.2 Å². The summed E-state index contributed by atoms with van der Waals surface area (Å²) in [5.41, 5.74) is 9.80. The zero-order chi connectivity index (χ0) is 20.4. The van der Waals surface area contributed by atoms with Crippen LogP contribution in [0.1, 0.15) is 57.6 Å². The van der Waals surface area contributed by atoms with Crippen molar-refractivity contribution in [3.05, 3.63) is 28.9 Å². The molecule has 5 nitrogen and oxygen atoms in total. The van der Waals surface area contributed by atoms with Crippen LogP contribution in [0.5, 0.6) is 0 Å². The number of rotatable bonds is 8. The highest BCUT2D eigenvalue weighted by atomic mass is 35.5. The highest BCUT2D eigenvalue weighted by Crippen LogP contribution is 2.33. The third kappa shape index (κ3) is 5.16. The first-order chi connectivity index (χ1) is 14.0. The van der Waals surface area contributed by atoms with E-state index in [1.807, 2.05) is 19.1 Å². The lowest BCUT2D eigenvalue weighted by Gasteiger charge is -2.14. The third-order valence-electron chi connectivity index (χ3n) is 5.70. The molecule has 156 valence electrons. The van der Waals surface area contributed by atoms with Crippen LogP contribution in [0, 0.1) is 5.41 Å². The largest absolute Gasteiger partial charge is 0.381 e. The van der Waals surface area contributed by atoms with Crippen molar-refractivity contribution < 1.29 is 0 Å². The summed E-state index contributed by atoms with van der Waals surface area (Å²) >= 11 is 8.19. The fourth-order valence-corrected chi connectivity index (χ4v) is 5.58. The first-order valence-electron chi connectivity index (χ1n) is 10.6. The molecule has 5 N–H and O–H groups in total. The van der Waals surface area contributed by atoms with E-state index < -0.39 is 0 Å². The SMILES string of the molecule is C[C@@H](N)CC(=N)CC[C@H]1CSC(c2cc3cc(Cl)cc(NC4CCCC4)c3[nH]2)=N1. The number of benzene rings is 1. The van der Waals surface area contributed by atoms with Gasteiger partial charge in [-0.2, -0.15) is 0 Å². The van der Waals surface area contributed by atoms with Gasteiger partial charge in [0.05, 0.1) is 22.9 Å². The Morgan fingerprint density at radius 3 is 2.93 bits per heavy atom. The summed E-state index contributed by atoms with van der Waals surface area (Å²) in [5, 5.41) is 14.7. The predicted molar refractivity (Wildman–Crippen MR) is 127 cm³/mol. The Morgan fingerprint density at radius 2 is 2.17 bits per heavy atom. The summed E-state index contributed by atoms with van der Waals surface area (Å²) in [6.07, 6.45) is 7.43. The topological polar surface area (TPSA) is 90.0 Å². The molecule has 1 aromatic carbocycles. The van der Waals surface area contributed by atoms with E-state index in [1.165, 1.54) is 25.7 Å². The number of nitrogens with zero attached hydrogens (tertiary/aromatic N) is 1. The summed E-state index contributed by atoms with van der Waals surface area (Å²) < 4.78 is 0. The summed E-state index contributed by atoms with van der Waals surface area (Å²) in [5.74, 6) is 0.976. The number of H-pyrrole nitrogens is 1. The van der Waals surface area contributed by atoms with Gasteiger partial charge in [-0.1, -0.05) is 24.4 Å². The fraction of sp³-hybridized carbons (Fsp3) is 0.545. The van der Waals surface area contributed by atoms with Crippen LogP contribution in [0.2, 0.25) is 5.02 Å². The molecule has 0 saturated heterocycles. The monoisotopic (exact) mass is 431 g/mol. The molecule has 7 heteroatoms. The summed E-state index contributed by atoms with van der Waals surface area (Å²) in [6, 6.07) is 7.08. The Balaban J connectivity index is 1.48. The minimum atomic E-state index is 0.0599. The van der Waals surface area contributed by atoms with Crippen LogP contribution in [0.3, 0.4) is 0 Å². The van der Waals surface area contributed by atoms with E-state index in [2.05, 4.69) is 16.4 Å². The minimum absolute atomic E-state index is 0.0599. The molecule has 2 atom stereocenters. The van der Waals surface area contributed by atoms with Crippen molar-refractivity contribution >= 4 is 50.7 Å². The normalized spacial score (nSPS) is 20.9. The van der Waals surface area contributed by atoms with E-state index in [9.17, 15) is 0 Å². The van der Waals surface area contributed by atoms with Gasteiger partial charge >= 0.3 is 0 Å². The molecular formula is C22H30ClN5S. The highest BCUT2D eigenvalue weighted by molar-refractivity contribution is 8.14. The van der Waals surface area contributed by atoms with Crippen LogP contribution in [0.25, 0.3) is 10.9 Å². The molecule has 2 heterocycles. The van der Waals surface area contributed by atoms with Crippen molar-refractivity contribution in [3.8, 4) is 0 Å². The quantitative estimate of drug-likeness (QED) is 0.411.